The van der Waals surface area contributed by atoms with Crippen LogP contribution in [0.3, 0.4) is 0 Å². The van der Waals surface area contributed by atoms with Gasteiger partial charge in [-0.05, 0) is 35.0 Å². The second kappa shape index (κ2) is 14.7. The summed E-state index contributed by atoms with van der Waals surface area (Å²) in [5.41, 5.74) is -1.23. The molecule has 0 spiro atoms. The molecule has 1 aliphatic carbocycles. The number of amides is 6. The number of piperidine rings is 1. The monoisotopic (exact) mass is 686 g/mol. The molecule has 0 radical (unpaired) electrons. The molecule has 3 aliphatic rings. The molecule has 2 aliphatic heterocycles. The fourth-order valence-corrected chi connectivity index (χ4v) is 6.47. The Morgan fingerprint density at radius 2 is 1.73 bits per heavy atom. The molecular formula is C32H49F3N6O7. The Balaban J connectivity index is 1.82. The van der Waals surface area contributed by atoms with E-state index in [1.165, 1.54) is 15.9 Å². The van der Waals surface area contributed by atoms with Crippen LogP contribution in [0.4, 0.5) is 22.8 Å². The van der Waals surface area contributed by atoms with Crippen molar-refractivity contribution in [3.05, 3.63) is 12.7 Å². The van der Waals surface area contributed by atoms with Crippen LogP contribution < -0.4 is 21.3 Å². The third-order valence-corrected chi connectivity index (χ3v) is 9.51. The van der Waals surface area contributed by atoms with E-state index in [2.05, 4.69) is 27.8 Å². The van der Waals surface area contributed by atoms with Crippen molar-refractivity contribution in [3.8, 4) is 0 Å². The minimum Gasteiger partial charge on any atom is -0.448 e. The van der Waals surface area contributed by atoms with E-state index in [0.717, 1.165) is 0 Å². The van der Waals surface area contributed by atoms with Crippen LogP contribution in [-0.2, 0) is 23.9 Å². The Morgan fingerprint density at radius 3 is 2.25 bits per heavy atom. The van der Waals surface area contributed by atoms with Gasteiger partial charge >= 0.3 is 18.3 Å². The summed E-state index contributed by atoms with van der Waals surface area (Å²) in [5.74, 6) is -4.41. The quantitative estimate of drug-likeness (QED) is 0.161. The van der Waals surface area contributed by atoms with Gasteiger partial charge in [-0.15, -0.1) is 6.58 Å². The summed E-state index contributed by atoms with van der Waals surface area (Å²) in [6.07, 6.45) is -6.14. The molecule has 0 bridgehead atoms. The van der Waals surface area contributed by atoms with Gasteiger partial charge in [0.2, 0.25) is 17.6 Å². The van der Waals surface area contributed by atoms with Crippen molar-refractivity contribution in [2.24, 2.45) is 28.6 Å². The number of nitrogens with one attached hydrogen (secondary N) is 4. The number of carbonyl (C=O) groups is 6. The van der Waals surface area contributed by atoms with E-state index in [-0.39, 0.29) is 49.4 Å². The van der Waals surface area contributed by atoms with Gasteiger partial charge in [0.1, 0.15) is 18.7 Å². The second-order valence-corrected chi connectivity index (χ2v) is 14.8. The van der Waals surface area contributed by atoms with E-state index < -0.39 is 84.2 Å². The van der Waals surface area contributed by atoms with Crippen LogP contribution in [-0.4, -0.2) is 109 Å². The van der Waals surface area contributed by atoms with Crippen molar-refractivity contribution in [3.63, 3.8) is 0 Å². The summed E-state index contributed by atoms with van der Waals surface area (Å²) in [5, 5.41) is 10.2. The molecule has 0 aromatic rings. The highest BCUT2D eigenvalue weighted by Crippen LogP contribution is 2.65. The van der Waals surface area contributed by atoms with E-state index in [1.807, 2.05) is 27.7 Å². The predicted molar refractivity (Wildman–Crippen MR) is 168 cm³/mol. The maximum Gasteiger partial charge on any atom is 0.410 e. The molecule has 270 valence electrons. The van der Waals surface area contributed by atoms with E-state index in [1.54, 1.807) is 20.8 Å². The molecule has 3 rings (SSSR count). The van der Waals surface area contributed by atoms with E-state index in [0.29, 0.717) is 6.54 Å². The van der Waals surface area contributed by atoms with Gasteiger partial charge in [-0.1, -0.05) is 54.5 Å². The van der Waals surface area contributed by atoms with Gasteiger partial charge in [0.05, 0.1) is 18.6 Å². The lowest BCUT2D eigenvalue weighted by Gasteiger charge is -2.38. The molecule has 2 heterocycles. The van der Waals surface area contributed by atoms with Gasteiger partial charge in [0.15, 0.2) is 0 Å². The number of carbonyl (C=O) groups excluding carboxylic acids is 6. The summed E-state index contributed by atoms with van der Waals surface area (Å²) in [6.45, 7) is 17.1. The fourth-order valence-electron chi connectivity index (χ4n) is 6.47. The summed E-state index contributed by atoms with van der Waals surface area (Å²) in [6, 6.07) is -5.21. The normalized spacial score (nSPS) is 23.4. The summed E-state index contributed by atoms with van der Waals surface area (Å²) in [7, 11) is 0. The van der Waals surface area contributed by atoms with E-state index >= 15 is 0 Å². The molecule has 16 heteroatoms. The number of ether oxygens (including phenoxy) is 1. The van der Waals surface area contributed by atoms with Crippen LogP contribution >= 0.6 is 0 Å². The lowest BCUT2D eigenvalue weighted by molar-refractivity contribution is -0.148. The maximum absolute atomic E-state index is 14.2. The first-order valence-electron chi connectivity index (χ1n) is 16.2. The zero-order valence-electron chi connectivity index (χ0n) is 28.7. The van der Waals surface area contributed by atoms with E-state index in [4.69, 9.17) is 4.74 Å². The van der Waals surface area contributed by atoms with Gasteiger partial charge in [-0.2, -0.15) is 13.2 Å². The minimum atomic E-state index is -4.65. The number of alkyl halides is 3. The van der Waals surface area contributed by atoms with Crippen LogP contribution in [0.25, 0.3) is 0 Å². The number of rotatable bonds is 14. The zero-order valence-corrected chi connectivity index (χ0v) is 28.7. The van der Waals surface area contributed by atoms with Crippen molar-refractivity contribution in [1.82, 2.24) is 31.1 Å². The molecule has 1 saturated carbocycles. The molecule has 0 aromatic heterocycles. The SMILES string of the molecule is C=CCNC(=O)C(=O)C(CCC(F)(F)F)NC(=O)[C@@H]1[C@@H]2[C@H](CN1C(=O)[C@@H](NC(=O)N[C@H](CN1CCOC1=O)C(C)C)C(C)(C)C)C2(C)C. The van der Waals surface area contributed by atoms with Gasteiger partial charge in [0, 0.05) is 26.1 Å². The minimum absolute atomic E-state index is 0.0826. The molecule has 2 saturated heterocycles. The number of fused-ring (bicyclic) bond motifs is 1. The Morgan fingerprint density at radius 1 is 1.08 bits per heavy atom. The number of hydrogen-bond acceptors (Lipinski definition) is 7. The van der Waals surface area contributed by atoms with Gasteiger partial charge in [-0.3, -0.25) is 19.2 Å². The summed E-state index contributed by atoms with van der Waals surface area (Å²) < 4.78 is 44.4. The molecule has 6 amide bonds. The van der Waals surface area contributed by atoms with Crippen molar-refractivity contribution in [2.75, 3.05) is 32.8 Å². The van der Waals surface area contributed by atoms with E-state index in [9.17, 15) is 41.9 Å². The van der Waals surface area contributed by atoms with Crippen LogP contribution in [0.15, 0.2) is 12.7 Å². The topological polar surface area (TPSA) is 166 Å². The number of likely N-dealkylation sites (tertiary alicyclic amines) is 1. The molecule has 6 atom stereocenters. The first-order valence-corrected chi connectivity index (χ1v) is 16.2. The summed E-state index contributed by atoms with van der Waals surface area (Å²) in [4.78, 5) is 81.4. The lowest BCUT2D eigenvalue weighted by Crippen LogP contribution is -2.62. The average molecular weight is 687 g/mol. The number of nitrogens with zero attached hydrogens (tertiary/aromatic N) is 2. The summed E-state index contributed by atoms with van der Waals surface area (Å²) >= 11 is 0. The van der Waals surface area contributed by atoms with Crippen LogP contribution in [0, 0.1) is 28.6 Å². The standard InChI is InChI=1S/C32H49F3N6O7/c1-9-12-36-26(44)23(42)19(10-11-32(33,34)35)37-25(43)22-21-18(31(21,7)8)15-41(22)27(45)24(30(4,5)6)39-28(46)38-20(17(2)3)16-40-13-14-48-29(40)47/h9,17-22,24H,1,10-16H2,2-8H3,(H,36,44)(H,37,43)(H2,38,39,46)/t18-,19?,20+,21-,22-,24+/m0/s1. The van der Waals surface area contributed by atoms with Gasteiger partial charge < -0.3 is 35.8 Å². The average Bonchev–Trinajstić information content (AvgIpc) is 3.31. The third kappa shape index (κ3) is 9.19. The van der Waals surface area contributed by atoms with Crippen molar-refractivity contribution >= 4 is 35.6 Å². The molecule has 0 aromatic carbocycles. The first-order chi connectivity index (χ1) is 22.1. The number of cyclic esters (lactones) is 1. The van der Waals surface area contributed by atoms with Crippen molar-refractivity contribution in [1.29, 1.82) is 0 Å². The first kappa shape index (κ1) is 38.6. The molecule has 1 unspecified atom stereocenters. The number of Topliss-reactive ketones (excluding diaryl/α,β-unsaturated/α-hetero) is 1. The molecule has 3 fully saturated rings. The largest absolute Gasteiger partial charge is 0.448 e. The van der Waals surface area contributed by atoms with Crippen LogP contribution in [0.2, 0.25) is 0 Å². The second-order valence-electron chi connectivity index (χ2n) is 14.8. The highest BCUT2D eigenvalue weighted by Gasteiger charge is 2.70. The maximum atomic E-state index is 14.2. The number of urea groups is 1. The highest BCUT2D eigenvalue weighted by atomic mass is 19.4. The number of hydrogen-bond donors (Lipinski definition) is 4. The molecule has 13 nitrogen and oxygen atoms in total. The zero-order chi connectivity index (χ0) is 36.4. The third-order valence-electron chi connectivity index (χ3n) is 9.51. The lowest BCUT2D eigenvalue weighted by atomic mass is 9.85. The van der Waals surface area contributed by atoms with Gasteiger partial charge in [-0.25, -0.2) is 9.59 Å². The van der Waals surface area contributed by atoms with Crippen LogP contribution in [0.1, 0.15) is 61.3 Å². The number of ketones is 1. The smallest absolute Gasteiger partial charge is 0.410 e. The van der Waals surface area contributed by atoms with Gasteiger partial charge in [0.25, 0.3) is 5.91 Å². The van der Waals surface area contributed by atoms with Crippen molar-refractivity contribution in [2.45, 2.75) is 91.7 Å². The molecular weight excluding hydrogens is 637 g/mol. The van der Waals surface area contributed by atoms with Crippen LogP contribution in [0.5, 0.6) is 0 Å². The number of halogens is 3. The Hall–Kier alpha value is -3.85. The molecule has 4 N–H and O–H groups in total. The van der Waals surface area contributed by atoms with Crippen molar-refractivity contribution < 1.29 is 46.7 Å². The Bertz CT molecular complexity index is 1280. The Labute approximate surface area is 279 Å². The Kier molecular flexibility index (Phi) is 11.8. The predicted octanol–water partition coefficient (Wildman–Crippen LogP) is 2.36. The highest BCUT2D eigenvalue weighted by molar-refractivity contribution is 6.38. The fraction of sp³-hybridized carbons (Fsp3) is 0.750. The molecule has 48 heavy (non-hydrogen) atoms.